The molecular weight excluding hydrogens is 573 g/mol. The molecule has 1 aliphatic heterocycles. The summed E-state index contributed by atoms with van der Waals surface area (Å²) in [5.74, 6) is 0.0748. The molecule has 5 aromatic rings. The lowest BCUT2D eigenvalue weighted by Gasteiger charge is -2.21. The van der Waals surface area contributed by atoms with Gasteiger partial charge in [-0.05, 0) is 59.5 Å². The second-order valence-corrected chi connectivity index (χ2v) is 11.0. The molecule has 0 saturated carbocycles. The second kappa shape index (κ2) is 12.7. The molecule has 1 unspecified atom stereocenters. The molecule has 1 aromatic heterocycles. The molecule has 1 aliphatic rings. The van der Waals surface area contributed by atoms with E-state index in [2.05, 4.69) is 16.3 Å². The average Bonchev–Trinajstić information content (AvgIpc) is 3.69. The number of fused-ring (bicyclic) bond motifs is 1. The Kier molecular flexibility index (Phi) is 8.36. The van der Waals surface area contributed by atoms with Crippen LogP contribution in [-0.4, -0.2) is 54.2 Å². The van der Waals surface area contributed by atoms with E-state index in [1.807, 2.05) is 59.3 Å². The Morgan fingerprint density at radius 2 is 1.82 bits per heavy atom. The van der Waals surface area contributed by atoms with Crippen molar-refractivity contribution in [3.05, 3.63) is 107 Å². The summed E-state index contributed by atoms with van der Waals surface area (Å²) in [5, 5.41) is 29.2. The van der Waals surface area contributed by atoms with Gasteiger partial charge in [0.25, 0.3) is 5.91 Å². The van der Waals surface area contributed by atoms with Gasteiger partial charge < -0.3 is 24.8 Å². The number of nitrogens with zero attached hydrogens (tertiary/aromatic N) is 4. The number of methoxy groups -OCH3 is 2. The summed E-state index contributed by atoms with van der Waals surface area (Å²) >= 11 is 0. The normalized spacial score (nSPS) is 14.4. The largest absolute Gasteiger partial charge is 0.497 e. The maximum Gasteiger partial charge on any atom is 0.255 e. The van der Waals surface area contributed by atoms with Crippen LogP contribution in [0, 0.1) is 17.1 Å². The highest BCUT2D eigenvalue weighted by Gasteiger charge is 2.26. The van der Waals surface area contributed by atoms with E-state index in [-0.39, 0.29) is 17.9 Å². The minimum Gasteiger partial charge on any atom is -0.497 e. The zero-order valence-corrected chi connectivity index (χ0v) is 25.0. The highest BCUT2D eigenvalue weighted by molar-refractivity contribution is 6.01. The molecule has 0 aliphatic carbocycles. The lowest BCUT2D eigenvalue weighted by molar-refractivity contribution is 0.0947. The number of aliphatic hydroxyl groups is 1. The van der Waals surface area contributed by atoms with Gasteiger partial charge in [0.1, 0.15) is 23.4 Å². The molecule has 1 saturated heterocycles. The Labute approximate surface area is 260 Å². The molecule has 10 heteroatoms. The summed E-state index contributed by atoms with van der Waals surface area (Å²) in [6, 6.07) is 23.6. The lowest BCUT2D eigenvalue weighted by Crippen LogP contribution is -2.23. The van der Waals surface area contributed by atoms with Crippen LogP contribution in [-0.2, 0) is 13.1 Å². The number of carbonyl (C=O) groups is 1. The van der Waals surface area contributed by atoms with Crippen LogP contribution in [0.5, 0.6) is 11.5 Å². The smallest absolute Gasteiger partial charge is 0.255 e. The Morgan fingerprint density at radius 3 is 2.49 bits per heavy atom. The van der Waals surface area contributed by atoms with Crippen LogP contribution < -0.4 is 19.7 Å². The maximum atomic E-state index is 13.8. The number of aromatic nitrogens is 2. The molecule has 0 spiro atoms. The highest BCUT2D eigenvalue weighted by Crippen LogP contribution is 2.39. The van der Waals surface area contributed by atoms with Gasteiger partial charge in [-0.15, -0.1) is 0 Å². The minimum absolute atomic E-state index is 0.117. The molecule has 228 valence electrons. The molecule has 0 bridgehead atoms. The Morgan fingerprint density at radius 1 is 1.07 bits per heavy atom. The summed E-state index contributed by atoms with van der Waals surface area (Å²) in [4.78, 5) is 14.9. The van der Waals surface area contributed by atoms with Crippen molar-refractivity contribution in [3.63, 3.8) is 0 Å². The first-order valence-corrected chi connectivity index (χ1v) is 14.6. The van der Waals surface area contributed by atoms with Crippen molar-refractivity contribution < 1.29 is 23.8 Å². The molecular formula is C35H32FN5O4. The molecule has 4 aromatic carbocycles. The average molecular weight is 606 g/mol. The van der Waals surface area contributed by atoms with E-state index in [4.69, 9.17) is 14.6 Å². The molecule has 0 radical (unpaired) electrons. The summed E-state index contributed by atoms with van der Waals surface area (Å²) in [7, 11) is 3.06. The number of amides is 1. The number of nitriles is 1. The van der Waals surface area contributed by atoms with E-state index in [1.54, 1.807) is 13.3 Å². The minimum atomic E-state index is -0.524. The standard InChI is InChI=1S/C35H32FN5O4/c1-44-27-10-5-23(6-11-27)20-41-34-30(17-37)28(16-32(31(34)19-39-41)40-14-13-26(42)21-40)24-7-3-22(4-8-24)18-38-35(43)29-15-25(36)9-12-33(29)45-2/h3-12,15-16,19,26,42H,13-14,18,20-21H2,1-2H3,(H,38,43). The van der Waals surface area contributed by atoms with Crippen LogP contribution in [0.1, 0.15) is 33.5 Å². The first-order chi connectivity index (χ1) is 21.9. The predicted molar refractivity (Wildman–Crippen MR) is 169 cm³/mol. The zero-order valence-electron chi connectivity index (χ0n) is 25.0. The SMILES string of the molecule is COc1ccc(Cn2ncc3c(N4CCC(O)C4)cc(-c4ccc(CNC(=O)c5cc(F)ccc5OC)cc4)c(C#N)c32)cc1. The van der Waals surface area contributed by atoms with Gasteiger partial charge in [-0.2, -0.15) is 10.4 Å². The number of aliphatic hydroxyl groups excluding tert-OH is 1. The highest BCUT2D eigenvalue weighted by atomic mass is 19.1. The van der Waals surface area contributed by atoms with Crippen LogP contribution in [0.2, 0.25) is 0 Å². The molecule has 45 heavy (non-hydrogen) atoms. The van der Waals surface area contributed by atoms with Crippen molar-refractivity contribution in [1.29, 1.82) is 5.26 Å². The van der Waals surface area contributed by atoms with Gasteiger partial charge in [0.15, 0.2) is 0 Å². The molecule has 2 heterocycles. The summed E-state index contributed by atoms with van der Waals surface area (Å²) < 4.78 is 26.1. The number of anilines is 1. The summed E-state index contributed by atoms with van der Waals surface area (Å²) in [6.07, 6.45) is 2.04. The van der Waals surface area contributed by atoms with Gasteiger partial charge in [0.2, 0.25) is 0 Å². The van der Waals surface area contributed by atoms with Gasteiger partial charge in [-0.1, -0.05) is 36.4 Å². The molecule has 2 N–H and O–H groups in total. The fraction of sp³-hybridized carbons (Fsp3) is 0.229. The van der Waals surface area contributed by atoms with Crippen LogP contribution in [0.15, 0.2) is 79.0 Å². The van der Waals surface area contributed by atoms with Crippen molar-refractivity contribution in [1.82, 2.24) is 15.1 Å². The monoisotopic (exact) mass is 605 g/mol. The Bertz CT molecular complexity index is 1900. The third-order valence-electron chi connectivity index (χ3n) is 8.13. The van der Waals surface area contributed by atoms with Crippen molar-refractivity contribution in [2.45, 2.75) is 25.6 Å². The zero-order chi connectivity index (χ0) is 31.5. The third kappa shape index (κ3) is 6.03. The maximum absolute atomic E-state index is 13.8. The van der Waals surface area contributed by atoms with Gasteiger partial charge in [-0.25, -0.2) is 4.39 Å². The lowest BCUT2D eigenvalue weighted by atomic mass is 9.95. The number of nitrogens with one attached hydrogen (secondary N) is 1. The van der Waals surface area contributed by atoms with Crippen molar-refractivity contribution in [3.8, 4) is 28.7 Å². The van der Waals surface area contributed by atoms with E-state index < -0.39 is 17.8 Å². The van der Waals surface area contributed by atoms with Crippen LogP contribution in [0.4, 0.5) is 10.1 Å². The van der Waals surface area contributed by atoms with Crippen molar-refractivity contribution >= 4 is 22.5 Å². The van der Waals surface area contributed by atoms with E-state index in [0.29, 0.717) is 31.6 Å². The van der Waals surface area contributed by atoms with Gasteiger partial charge in [0.05, 0.1) is 49.7 Å². The number of rotatable bonds is 9. The Hall–Kier alpha value is -5.40. The molecule has 1 amide bonds. The predicted octanol–water partition coefficient (Wildman–Crippen LogP) is 5.28. The van der Waals surface area contributed by atoms with Crippen molar-refractivity contribution in [2.75, 3.05) is 32.2 Å². The Balaban J connectivity index is 1.33. The number of ether oxygens (including phenoxy) is 2. The number of carbonyl (C=O) groups excluding carboxylic acids is 1. The fourth-order valence-electron chi connectivity index (χ4n) is 5.77. The molecule has 1 atom stereocenters. The van der Waals surface area contributed by atoms with Gasteiger partial charge >= 0.3 is 0 Å². The fourth-order valence-corrected chi connectivity index (χ4v) is 5.77. The first kappa shape index (κ1) is 29.7. The molecule has 9 nitrogen and oxygen atoms in total. The number of halogens is 1. The van der Waals surface area contributed by atoms with E-state index in [9.17, 15) is 19.6 Å². The quantitative estimate of drug-likeness (QED) is 0.235. The van der Waals surface area contributed by atoms with E-state index >= 15 is 0 Å². The van der Waals surface area contributed by atoms with Gasteiger partial charge in [-0.3, -0.25) is 9.48 Å². The first-order valence-electron chi connectivity index (χ1n) is 14.6. The van der Waals surface area contributed by atoms with Crippen molar-refractivity contribution in [2.24, 2.45) is 0 Å². The molecule has 1 fully saturated rings. The summed E-state index contributed by atoms with van der Waals surface area (Å²) in [5.41, 5.74) is 5.67. The second-order valence-electron chi connectivity index (χ2n) is 11.0. The molecule has 6 rings (SSSR count). The topological polar surface area (TPSA) is 113 Å². The van der Waals surface area contributed by atoms with E-state index in [0.717, 1.165) is 50.7 Å². The summed E-state index contributed by atoms with van der Waals surface area (Å²) in [6.45, 7) is 1.87. The van der Waals surface area contributed by atoms with Gasteiger partial charge in [0, 0.05) is 36.3 Å². The number of benzene rings is 4. The van der Waals surface area contributed by atoms with E-state index in [1.165, 1.54) is 19.2 Å². The van der Waals surface area contributed by atoms with Crippen LogP contribution >= 0.6 is 0 Å². The number of β-amino-alcohol motifs (C(OH)–C–C–N with tert-alkyl or cyclic N) is 1. The number of hydrogen-bond donors (Lipinski definition) is 2. The van der Waals surface area contributed by atoms with Crippen LogP contribution in [0.25, 0.3) is 22.0 Å². The van der Waals surface area contributed by atoms with Crippen LogP contribution in [0.3, 0.4) is 0 Å². The number of hydrogen-bond acceptors (Lipinski definition) is 7. The third-order valence-corrected chi connectivity index (χ3v) is 8.13.